The summed E-state index contributed by atoms with van der Waals surface area (Å²) in [5, 5.41) is 4.90. The molecule has 1 heterocycles. The number of thiazole rings is 1. The average molecular weight is 308 g/mol. The molecule has 4 heteroatoms. The fourth-order valence-electron chi connectivity index (χ4n) is 3.24. The van der Waals surface area contributed by atoms with Crippen LogP contribution in [0.2, 0.25) is 0 Å². The van der Waals surface area contributed by atoms with Gasteiger partial charge < -0.3 is 10.2 Å². The third kappa shape index (κ3) is 3.98. The molecule has 0 spiro atoms. The first kappa shape index (κ1) is 15.3. The van der Waals surface area contributed by atoms with Crippen molar-refractivity contribution >= 4 is 16.5 Å². The van der Waals surface area contributed by atoms with Crippen molar-refractivity contribution in [2.45, 2.75) is 83.3 Å². The number of nitrogens with one attached hydrogen (secondary N) is 1. The molecule has 0 bridgehead atoms. The lowest BCUT2D eigenvalue weighted by atomic mass is 9.95. The Morgan fingerprint density at radius 3 is 2.62 bits per heavy atom. The van der Waals surface area contributed by atoms with Crippen molar-refractivity contribution in [1.29, 1.82) is 0 Å². The predicted octanol–water partition coefficient (Wildman–Crippen LogP) is 4.12. The van der Waals surface area contributed by atoms with Gasteiger partial charge in [0.25, 0.3) is 0 Å². The SMILES string of the molecule is CCCc1nc(N(C)C2CCCCC2)sc1CNC1CC1. The number of rotatable bonds is 7. The summed E-state index contributed by atoms with van der Waals surface area (Å²) in [6.45, 7) is 3.28. The van der Waals surface area contributed by atoms with Crippen LogP contribution in [0.4, 0.5) is 5.13 Å². The molecular weight excluding hydrogens is 278 g/mol. The summed E-state index contributed by atoms with van der Waals surface area (Å²) in [7, 11) is 2.25. The van der Waals surface area contributed by atoms with Gasteiger partial charge in [-0.15, -0.1) is 11.3 Å². The van der Waals surface area contributed by atoms with Crippen LogP contribution >= 0.6 is 11.3 Å². The monoisotopic (exact) mass is 307 g/mol. The van der Waals surface area contributed by atoms with Crippen LogP contribution in [0.15, 0.2) is 0 Å². The zero-order chi connectivity index (χ0) is 14.7. The molecule has 3 nitrogen and oxygen atoms in total. The highest BCUT2D eigenvalue weighted by Crippen LogP contribution is 2.32. The lowest BCUT2D eigenvalue weighted by molar-refractivity contribution is 0.427. The van der Waals surface area contributed by atoms with Crippen molar-refractivity contribution in [2.75, 3.05) is 11.9 Å². The van der Waals surface area contributed by atoms with E-state index in [0.717, 1.165) is 19.0 Å². The van der Waals surface area contributed by atoms with Gasteiger partial charge in [0.15, 0.2) is 5.13 Å². The fraction of sp³-hybridized carbons (Fsp3) is 0.824. The number of hydrogen-bond acceptors (Lipinski definition) is 4. The maximum Gasteiger partial charge on any atom is 0.185 e. The molecule has 0 aliphatic heterocycles. The van der Waals surface area contributed by atoms with Crippen LogP contribution in [0.25, 0.3) is 0 Å². The van der Waals surface area contributed by atoms with Gasteiger partial charge in [-0.25, -0.2) is 4.98 Å². The Morgan fingerprint density at radius 1 is 1.19 bits per heavy atom. The molecule has 2 aliphatic carbocycles. The predicted molar refractivity (Wildman–Crippen MR) is 91.2 cm³/mol. The summed E-state index contributed by atoms with van der Waals surface area (Å²) in [6, 6.07) is 1.49. The lowest BCUT2D eigenvalue weighted by Crippen LogP contribution is -2.33. The van der Waals surface area contributed by atoms with Gasteiger partial charge in [-0.2, -0.15) is 0 Å². The van der Waals surface area contributed by atoms with Gasteiger partial charge >= 0.3 is 0 Å². The summed E-state index contributed by atoms with van der Waals surface area (Å²) in [5.41, 5.74) is 1.34. The zero-order valence-electron chi connectivity index (χ0n) is 13.5. The van der Waals surface area contributed by atoms with Crippen molar-refractivity contribution < 1.29 is 0 Å². The number of aryl methyl sites for hydroxylation is 1. The highest BCUT2D eigenvalue weighted by molar-refractivity contribution is 7.15. The van der Waals surface area contributed by atoms with E-state index in [1.165, 1.54) is 67.1 Å². The second-order valence-corrected chi connectivity index (χ2v) is 7.74. The maximum absolute atomic E-state index is 4.98. The number of anilines is 1. The van der Waals surface area contributed by atoms with Crippen LogP contribution < -0.4 is 10.2 Å². The van der Waals surface area contributed by atoms with E-state index in [0.29, 0.717) is 6.04 Å². The van der Waals surface area contributed by atoms with Gasteiger partial charge in [-0.3, -0.25) is 0 Å². The topological polar surface area (TPSA) is 28.2 Å². The first-order chi connectivity index (χ1) is 10.3. The van der Waals surface area contributed by atoms with Crippen LogP contribution in [-0.2, 0) is 13.0 Å². The second-order valence-electron chi connectivity index (χ2n) is 6.67. The average Bonchev–Trinajstić information content (AvgIpc) is 3.27. The van der Waals surface area contributed by atoms with Crippen molar-refractivity contribution in [3.63, 3.8) is 0 Å². The Kier molecular flexibility index (Phi) is 5.17. The van der Waals surface area contributed by atoms with Gasteiger partial charge in [-0.05, 0) is 32.1 Å². The normalized spacial score (nSPS) is 19.9. The standard InChI is InChI=1S/C17H29N3S/c1-3-7-15-16(12-18-13-10-11-13)21-17(19-15)20(2)14-8-5-4-6-9-14/h13-14,18H,3-12H2,1-2H3. The third-order valence-corrected chi connectivity index (χ3v) is 5.99. The van der Waals surface area contributed by atoms with Crippen molar-refractivity contribution in [3.05, 3.63) is 10.6 Å². The van der Waals surface area contributed by atoms with Crippen molar-refractivity contribution in [1.82, 2.24) is 10.3 Å². The van der Waals surface area contributed by atoms with Crippen LogP contribution in [-0.4, -0.2) is 24.1 Å². The Morgan fingerprint density at radius 2 is 1.95 bits per heavy atom. The second kappa shape index (κ2) is 7.10. The molecule has 2 fully saturated rings. The molecule has 0 amide bonds. The summed E-state index contributed by atoms with van der Waals surface area (Å²) in [5.74, 6) is 0. The van der Waals surface area contributed by atoms with Crippen molar-refractivity contribution in [3.8, 4) is 0 Å². The summed E-state index contributed by atoms with van der Waals surface area (Å²) in [4.78, 5) is 8.91. The first-order valence-corrected chi connectivity index (χ1v) is 9.54. The minimum atomic E-state index is 0.712. The van der Waals surface area contributed by atoms with E-state index in [-0.39, 0.29) is 0 Å². The van der Waals surface area contributed by atoms with E-state index in [4.69, 9.17) is 4.98 Å². The van der Waals surface area contributed by atoms with E-state index in [9.17, 15) is 0 Å². The zero-order valence-corrected chi connectivity index (χ0v) is 14.3. The highest BCUT2D eigenvalue weighted by Gasteiger charge is 2.24. The van der Waals surface area contributed by atoms with Crippen LogP contribution in [0.1, 0.15) is 68.9 Å². The number of aromatic nitrogens is 1. The van der Waals surface area contributed by atoms with Gasteiger partial charge in [0.05, 0.1) is 5.69 Å². The van der Waals surface area contributed by atoms with E-state index in [1.807, 2.05) is 11.3 Å². The lowest BCUT2D eigenvalue weighted by Gasteiger charge is -2.30. The molecule has 0 radical (unpaired) electrons. The number of hydrogen-bond donors (Lipinski definition) is 1. The molecule has 21 heavy (non-hydrogen) atoms. The summed E-state index contributed by atoms with van der Waals surface area (Å²) < 4.78 is 0. The Labute approximate surface area is 133 Å². The summed E-state index contributed by atoms with van der Waals surface area (Å²) >= 11 is 1.92. The molecule has 1 aromatic rings. The fourth-order valence-corrected chi connectivity index (χ4v) is 4.33. The van der Waals surface area contributed by atoms with E-state index in [1.54, 1.807) is 0 Å². The quantitative estimate of drug-likeness (QED) is 0.821. The molecule has 1 N–H and O–H groups in total. The van der Waals surface area contributed by atoms with Crippen LogP contribution in [0.3, 0.4) is 0 Å². The van der Waals surface area contributed by atoms with Gasteiger partial charge in [0, 0.05) is 30.6 Å². The molecule has 3 rings (SSSR count). The number of nitrogens with zero attached hydrogens (tertiary/aromatic N) is 2. The molecule has 118 valence electrons. The van der Waals surface area contributed by atoms with Crippen molar-refractivity contribution in [2.24, 2.45) is 0 Å². The largest absolute Gasteiger partial charge is 0.348 e. The molecule has 2 aliphatic rings. The minimum absolute atomic E-state index is 0.712. The first-order valence-electron chi connectivity index (χ1n) is 8.72. The smallest absolute Gasteiger partial charge is 0.185 e. The Bertz CT molecular complexity index is 447. The molecular formula is C17H29N3S. The van der Waals surface area contributed by atoms with Crippen LogP contribution in [0, 0.1) is 0 Å². The Hall–Kier alpha value is -0.610. The molecule has 0 saturated heterocycles. The van der Waals surface area contributed by atoms with Crippen LogP contribution in [0.5, 0.6) is 0 Å². The van der Waals surface area contributed by atoms with Gasteiger partial charge in [0.2, 0.25) is 0 Å². The maximum atomic E-state index is 4.98. The molecule has 0 atom stereocenters. The third-order valence-electron chi connectivity index (χ3n) is 4.81. The minimum Gasteiger partial charge on any atom is -0.348 e. The Balaban J connectivity index is 1.69. The highest BCUT2D eigenvalue weighted by atomic mass is 32.1. The van der Waals surface area contributed by atoms with E-state index < -0.39 is 0 Å². The molecule has 0 aromatic carbocycles. The summed E-state index contributed by atoms with van der Waals surface area (Å²) in [6.07, 6.45) is 11.9. The molecule has 2 saturated carbocycles. The van der Waals surface area contributed by atoms with E-state index in [2.05, 4.69) is 24.2 Å². The van der Waals surface area contributed by atoms with Gasteiger partial charge in [0.1, 0.15) is 0 Å². The molecule has 1 aromatic heterocycles. The van der Waals surface area contributed by atoms with E-state index >= 15 is 0 Å². The van der Waals surface area contributed by atoms with Gasteiger partial charge in [-0.1, -0.05) is 32.6 Å². The molecule has 0 unspecified atom stereocenters.